The fraction of sp³-hybridized carbons (Fsp3) is 0.500. The molecule has 0 bridgehead atoms. The van der Waals surface area contributed by atoms with E-state index in [4.69, 9.17) is 23.2 Å². The lowest BCUT2D eigenvalue weighted by Gasteiger charge is -2.17. The summed E-state index contributed by atoms with van der Waals surface area (Å²) in [5, 5.41) is 0. The summed E-state index contributed by atoms with van der Waals surface area (Å²) in [4.78, 5) is 0. The summed E-state index contributed by atoms with van der Waals surface area (Å²) in [6.45, 7) is 4.29. The summed E-state index contributed by atoms with van der Waals surface area (Å²) in [5.41, 5.74) is 2.66. The first-order chi connectivity index (χ1) is 6.70. The largest absolute Gasteiger partial charge is 0.126 e. The van der Waals surface area contributed by atoms with Gasteiger partial charge in [-0.3, -0.25) is 0 Å². The number of hydrogen-bond acceptors (Lipinski definition) is 0. The van der Waals surface area contributed by atoms with E-state index in [9.17, 15) is 0 Å². The van der Waals surface area contributed by atoms with Crippen molar-refractivity contribution in [2.24, 2.45) is 0 Å². The average molecular weight is 231 g/mol. The molecule has 0 radical (unpaired) electrons. The monoisotopic (exact) mass is 230 g/mol. The van der Waals surface area contributed by atoms with E-state index in [-0.39, 0.29) is 0 Å². The fourth-order valence-electron chi connectivity index (χ4n) is 1.57. The van der Waals surface area contributed by atoms with Crippen LogP contribution in [0.15, 0.2) is 24.3 Å². The SMILES string of the molecule is CC(CCl)c1ccccc1C(C)CCl. The molecule has 78 valence electrons. The molecule has 0 nitrogen and oxygen atoms in total. The van der Waals surface area contributed by atoms with Gasteiger partial charge in [0.2, 0.25) is 0 Å². The molecule has 0 aromatic heterocycles. The van der Waals surface area contributed by atoms with Crippen molar-refractivity contribution in [1.29, 1.82) is 0 Å². The van der Waals surface area contributed by atoms with Gasteiger partial charge in [0, 0.05) is 11.8 Å². The topological polar surface area (TPSA) is 0 Å². The Labute approximate surface area is 96.2 Å². The zero-order valence-electron chi connectivity index (χ0n) is 8.63. The molecule has 1 rings (SSSR count). The molecule has 0 N–H and O–H groups in total. The highest BCUT2D eigenvalue weighted by molar-refractivity contribution is 6.18. The van der Waals surface area contributed by atoms with Gasteiger partial charge in [0.15, 0.2) is 0 Å². The molecule has 0 aliphatic carbocycles. The maximum absolute atomic E-state index is 5.87. The lowest BCUT2D eigenvalue weighted by Crippen LogP contribution is -2.04. The minimum atomic E-state index is 0.401. The highest BCUT2D eigenvalue weighted by Gasteiger charge is 2.13. The Bertz CT molecular complexity index is 254. The summed E-state index contributed by atoms with van der Waals surface area (Å²) in [5.74, 6) is 2.12. The normalized spacial score (nSPS) is 15.1. The number of halogens is 2. The predicted octanol–water partition coefficient (Wildman–Crippen LogP) is 4.37. The van der Waals surface area contributed by atoms with E-state index in [1.165, 1.54) is 11.1 Å². The lowest BCUT2D eigenvalue weighted by molar-refractivity contribution is 0.798. The highest BCUT2D eigenvalue weighted by Crippen LogP contribution is 2.27. The molecule has 1 aromatic carbocycles. The fourth-order valence-corrected chi connectivity index (χ4v) is 1.91. The molecular weight excluding hydrogens is 215 g/mol. The molecule has 2 atom stereocenters. The number of benzene rings is 1. The van der Waals surface area contributed by atoms with Crippen LogP contribution in [0.1, 0.15) is 36.8 Å². The van der Waals surface area contributed by atoms with Crippen molar-refractivity contribution < 1.29 is 0 Å². The van der Waals surface area contributed by atoms with Crippen molar-refractivity contribution in [3.05, 3.63) is 35.4 Å². The van der Waals surface area contributed by atoms with Crippen molar-refractivity contribution in [1.82, 2.24) is 0 Å². The van der Waals surface area contributed by atoms with E-state index < -0.39 is 0 Å². The Morgan fingerprint density at radius 2 is 1.29 bits per heavy atom. The molecule has 0 amide bonds. The molecule has 0 heterocycles. The van der Waals surface area contributed by atoms with Gasteiger partial charge in [-0.2, -0.15) is 0 Å². The molecule has 2 heteroatoms. The first-order valence-corrected chi connectivity index (χ1v) is 5.98. The Kier molecular flexibility index (Phi) is 4.77. The van der Waals surface area contributed by atoms with Crippen LogP contribution < -0.4 is 0 Å². The van der Waals surface area contributed by atoms with Crippen LogP contribution >= 0.6 is 23.2 Å². The molecule has 14 heavy (non-hydrogen) atoms. The smallest absolute Gasteiger partial charge is 0.0289 e. The van der Waals surface area contributed by atoms with Gasteiger partial charge in [0.05, 0.1) is 0 Å². The second kappa shape index (κ2) is 5.63. The second-order valence-electron chi connectivity index (χ2n) is 3.74. The van der Waals surface area contributed by atoms with E-state index in [0.717, 1.165) is 0 Å². The maximum Gasteiger partial charge on any atom is 0.0289 e. The van der Waals surface area contributed by atoms with E-state index >= 15 is 0 Å². The Hall–Kier alpha value is -0.200. The molecule has 1 aromatic rings. The van der Waals surface area contributed by atoms with Crippen LogP contribution in [0.4, 0.5) is 0 Å². The van der Waals surface area contributed by atoms with Crippen LogP contribution in [0, 0.1) is 0 Å². The summed E-state index contributed by atoms with van der Waals surface area (Å²) in [6.07, 6.45) is 0. The third kappa shape index (κ3) is 2.65. The summed E-state index contributed by atoms with van der Waals surface area (Å²) < 4.78 is 0. The molecule has 0 saturated carbocycles. The zero-order chi connectivity index (χ0) is 10.6. The van der Waals surface area contributed by atoms with Gasteiger partial charge < -0.3 is 0 Å². The number of alkyl halides is 2. The third-order valence-corrected chi connectivity index (χ3v) is 3.45. The lowest BCUT2D eigenvalue weighted by atomic mass is 9.91. The standard InChI is InChI=1S/C12H16Cl2/c1-9(7-13)11-5-3-4-6-12(11)10(2)8-14/h3-6,9-10H,7-8H2,1-2H3. The Morgan fingerprint density at radius 1 is 0.929 bits per heavy atom. The average Bonchev–Trinajstić information content (AvgIpc) is 2.27. The zero-order valence-corrected chi connectivity index (χ0v) is 10.1. The van der Waals surface area contributed by atoms with E-state index in [1.807, 2.05) is 0 Å². The van der Waals surface area contributed by atoms with E-state index in [1.54, 1.807) is 0 Å². The molecule has 0 saturated heterocycles. The van der Waals surface area contributed by atoms with Gasteiger partial charge in [-0.05, 0) is 23.0 Å². The third-order valence-electron chi connectivity index (χ3n) is 2.52. The first-order valence-electron chi connectivity index (χ1n) is 4.91. The van der Waals surface area contributed by atoms with Gasteiger partial charge >= 0.3 is 0 Å². The van der Waals surface area contributed by atoms with Crippen LogP contribution in [-0.4, -0.2) is 11.8 Å². The van der Waals surface area contributed by atoms with Crippen molar-refractivity contribution >= 4 is 23.2 Å². The summed E-state index contributed by atoms with van der Waals surface area (Å²) in [7, 11) is 0. The summed E-state index contributed by atoms with van der Waals surface area (Å²) >= 11 is 11.7. The molecular formula is C12H16Cl2. The van der Waals surface area contributed by atoms with Gasteiger partial charge in [-0.1, -0.05) is 38.1 Å². The van der Waals surface area contributed by atoms with Crippen molar-refractivity contribution in [3.8, 4) is 0 Å². The van der Waals surface area contributed by atoms with E-state index in [0.29, 0.717) is 23.6 Å². The van der Waals surface area contributed by atoms with Gasteiger partial charge in [-0.25, -0.2) is 0 Å². The first kappa shape index (κ1) is 11.9. The highest BCUT2D eigenvalue weighted by atomic mass is 35.5. The van der Waals surface area contributed by atoms with Crippen LogP contribution in [0.5, 0.6) is 0 Å². The van der Waals surface area contributed by atoms with Gasteiger partial charge in [0.25, 0.3) is 0 Å². The predicted molar refractivity (Wildman–Crippen MR) is 64.7 cm³/mol. The minimum absolute atomic E-state index is 0.401. The van der Waals surface area contributed by atoms with Crippen molar-refractivity contribution in [2.75, 3.05) is 11.8 Å². The van der Waals surface area contributed by atoms with Crippen molar-refractivity contribution in [2.45, 2.75) is 25.7 Å². The second-order valence-corrected chi connectivity index (χ2v) is 4.36. The molecule has 0 spiro atoms. The number of rotatable bonds is 4. The molecule has 2 unspecified atom stereocenters. The molecule has 0 aliphatic rings. The van der Waals surface area contributed by atoms with Crippen molar-refractivity contribution in [3.63, 3.8) is 0 Å². The van der Waals surface area contributed by atoms with Crippen LogP contribution in [0.2, 0.25) is 0 Å². The van der Waals surface area contributed by atoms with E-state index in [2.05, 4.69) is 38.1 Å². The minimum Gasteiger partial charge on any atom is -0.126 e. The molecule has 0 aliphatic heterocycles. The number of hydrogen-bond donors (Lipinski definition) is 0. The van der Waals surface area contributed by atoms with Gasteiger partial charge in [0.1, 0.15) is 0 Å². The van der Waals surface area contributed by atoms with Crippen LogP contribution in [0.3, 0.4) is 0 Å². The van der Waals surface area contributed by atoms with Gasteiger partial charge in [-0.15, -0.1) is 23.2 Å². The molecule has 0 fully saturated rings. The quantitative estimate of drug-likeness (QED) is 0.675. The Balaban J connectivity index is 3.02. The maximum atomic E-state index is 5.87. The summed E-state index contributed by atoms with van der Waals surface area (Å²) in [6, 6.07) is 8.41. The Morgan fingerprint density at radius 3 is 1.57 bits per heavy atom. The van der Waals surface area contributed by atoms with Crippen LogP contribution in [0.25, 0.3) is 0 Å². The van der Waals surface area contributed by atoms with Crippen LogP contribution in [-0.2, 0) is 0 Å².